The molecule has 2 aliphatic rings. The molecule has 3 rings (SSSR count). The first-order valence-electron chi connectivity index (χ1n) is 7.79. The first kappa shape index (κ1) is 16.9. The van der Waals surface area contributed by atoms with Gasteiger partial charge < -0.3 is 0 Å². The summed E-state index contributed by atoms with van der Waals surface area (Å²) in [7, 11) is -6.80. The zero-order valence-corrected chi connectivity index (χ0v) is 15.0. The molecule has 0 unspecified atom stereocenters. The van der Waals surface area contributed by atoms with Crippen LogP contribution in [0.3, 0.4) is 0 Å². The summed E-state index contributed by atoms with van der Waals surface area (Å²) in [6.07, 6.45) is 1.45. The first-order chi connectivity index (χ1) is 10.7. The number of hydrogen-bond acceptors (Lipinski definition) is 4. The van der Waals surface area contributed by atoms with Crippen LogP contribution in [0.15, 0.2) is 23.1 Å². The summed E-state index contributed by atoms with van der Waals surface area (Å²) in [4.78, 5) is 0.316. The maximum Gasteiger partial charge on any atom is 0.243 e. The summed E-state index contributed by atoms with van der Waals surface area (Å²) in [6, 6.07) is 5.36. The highest BCUT2D eigenvalue weighted by atomic mass is 32.2. The van der Waals surface area contributed by atoms with Crippen LogP contribution < -0.4 is 0 Å². The fourth-order valence-electron chi connectivity index (χ4n) is 2.87. The summed E-state index contributed by atoms with van der Waals surface area (Å²) in [5.74, 6) is 0. The number of hydrogen-bond donors (Lipinski definition) is 0. The standard InChI is InChI=1S/C15H22N2O4S2/c1-12-3-4-13(2)15(11-12)23(20,21)17-9-7-16(8-10-17)22(18,19)14-5-6-14/h3-4,11,14H,5-10H2,1-2H3. The molecule has 23 heavy (non-hydrogen) atoms. The van der Waals surface area contributed by atoms with Crippen LogP contribution >= 0.6 is 0 Å². The smallest absolute Gasteiger partial charge is 0.212 e. The van der Waals surface area contributed by atoms with Crippen molar-refractivity contribution in [1.82, 2.24) is 8.61 Å². The van der Waals surface area contributed by atoms with Gasteiger partial charge in [-0.3, -0.25) is 0 Å². The molecule has 0 spiro atoms. The molecular formula is C15H22N2O4S2. The van der Waals surface area contributed by atoms with Crippen LogP contribution in [-0.2, 0) is 20.0 Å². The van der Waals surface area contributed by atoms with Crippen LogP contribution in [-0.4, -0.2) is 56.9 Å². The lowest BCUT2D eigenvalue weighted by atomic mass is 10.2. The predicted molar refractivity (Wildman–Crippen MR) is 88.2 cm³/mol. The molecule has 8 heteroatoms. The number of nitrogens with zero attached hydrogens (tertiary/aromatic N) is 2. The summed E-state index contributed by atoms with van der Waals surface area (Å²) in [5, 5.41) is -0.246. The Morgan fingerprint density at radius 3 is 2.04 bits per heavy atom. The minimum absolute atomic E-state index is 0.210. The third-order valence-corrected chi connectivity index (χ3v) is 8.90. The van der Waals surface area contributed by atoms with Crippen molar-refractivity contribution in [2.75, 3.05) is 26.2 Å². The number of sulfonamides is 2. The van der Waals surface area contributed by atoms with Crippen molar-refractivity contribution in [3.8, 4) is 0 Å². The molecule has 1 heterocycles. The Morgan fingerprint density at radius 2 is 1.48 bits per heavy atom. The first-order valence-corrected chi connectivity index (χ1v) is 10.7. The number of piperazine rings is 1. The fourth-order valence-corrected chi connectivity index (χ4v) is 6.42. The third kappa shape index (κ3) is 3.17. The lowest BCUT2D eigenvalue weighted by Crippen LogP contribution is -2.51. The van der Waals surface area contributed by atoms with Crippen molar-refractivity contribution in [3.63, 3.8) is 0 Å². The van der Waals surface area contributed by atoms with Gasteiger partial charge in [-0.15, -0.1) is 0 Å². The topological polar surface area (TPSA) is 74.8 Å². The second kappa shape index (κ2) is 5.84. The average molecular weight is 358 g/mol. The quantitative estimate of drug-likeness (QED) is 0.808. The largest absolute Gasteiger partial charge is 0.243 e. The van der Waals surface area contributed by atoms with Crippen molar-refractivity contribution in [3.05, 3.63) is 29.3 Å². The van der Waals surface area contributed by atoms with Gasteiger partial charge in [-0.05, 0) is 43.9 Å². The minimum Gasteiger partial charge on any atom is -0.212 e. The van der Waals surface area contributed by atoms with E-state index in [1.165, 1.54) is 8.61 Å². The van der Waals surface area contributed by atoms with Gasteiger partial charge >= 0.3 is 0 Å². The second-order valence-corrected chi connectivity index (χ2v) is 10.4. The maximum absolute atomic E-state index is 12.8. The number of rotatable bonds is 4. The van der Waals surface area contributed by atoms with Crippen molar-refractivity contribution < 1.29 is 16.8 Å². The van der Waals surface area contributed by atoms with Crippen molar-refractivity contribution in [2.45, 2.75) is 36.8 Å². The van der Waals surface area contributed by atoms with Crippen LogP contribution in [0, 0.1) is 13.8 Å². The molecule has 1 aromatic rings. The third-order valence-electron chi connectivity index (χ3n) is 4.46. The van der Waals surface area contributed by atoms with E-state index in [9.17, 15) is 16.8 Å². The zero-order valence-electron chi connectivity index (χ0n) is 13.4. The van der Waals surface area contributed by atoms with Crippen LogP contribution in [0.1, 0.15) is 24.0 Å². The van der Waals surface area contributed by atoms with E-state index in [4.69, 9.17) is 0 Å². The van der Waals surface area contributed by atoms with Gasteiger partial charge in [0.1, 0.15) is 0 Å². The van der Waals surface area contributed by atoms with Crippen LogP contribution in [0.2, 0.25) is 0 Å². The minimum atomic E-state index is -3.58. The molecule has 1 aliphatic carbocycles. The predicted octanol–water partition coefficient (Wildman–Crippen LogP) is 1.10. The Bertz CT molecular complexity index is 806. The Labute approximate surface area is 138 Å². The Kier molecular flexibility index (Phi) is 4.29. The van der Waals surface area contributed by atoms with E-state index >= 15 is 0 Å². The zero-order chi connectivity index (χ0) is 16.8. The number of benzene rings is 1. The molecule has 0 atom stereocenters. The number of aryl methyl sites for hydroxylation is 2. The van der Waals surface area contributed by atoms with Gasteiger partial charge in [-0.25, -0.2) is 16.8 Å². The lowest BCUT2D eigenvalue weighted by molar-refractivity contribution is 0.272. The Morgan fingerprint density at radius 1 is 0.913 bits per heavy atom. The highest BCUT2D eigenvalue weighted by molar-refractivity contribution is 7.90. The van der Waals surface area contributed by atoms with Gasteiger partial charge in [0.15, 0.2) is 0 Å². The van der Waals surface area contributed by atoms with Crippen LogP contribution in [0.4, 0.5) is 0 Å². The van der Waals surface area contributed by atoms with E-state index in [2.05, 4.69) is 0 Å². The van der Waals surface area contributed by atoms with Crippen LogP contribution in [0.25, 0.3) is 0 Å². The van der Waals surface area contributed by atoms with E-state index in [0.717, 1.165) is 18.4 Å². The molecule has 0 N–H and O–H groups in total. The van der Waals surface area contributed by atoms with Gasteiger partial charge in [0.2, 0.25) is 20.0 Å². The maximum atomic E-state index is 12.8. The van der Waals surface area contributed by atoms with Crippen molar-refractivity contribution in [1.29, 1.82) is 0 Å². The summed E-state index contributed by atoms with van der Waals surface area (Å²) < 4.78 is 52.9. The Balaban J connectivity index is 1.77. The van der Waals surface area contributed by atoms with Gasteiger partial charge in [0, 0.05) is 26.2 Å². The normalized spacial score (nSPS) is 21.5. The molecule has 128 valence electrons. The highest BCUT2D eigenvalue weighted by Crippen LogP contribution is 2.32. The molecule has 1 saturated carbocycles. The molecule has 1 aliphatic heterocycles. The second-order valence-electron chi connectivity index (χ2n) is 6.32. The van der Waals surface area contributed by atoms with E-state index in [-0.39, 0.29) is 31.4 Å². The van der Waals surface area contributed by atoms with E-state index in [1.54, 1.807) is 19.1 Å². The van der Waals surface area contributed by atoms with E-state index in [0.29, 0.717) is 10.5 Å². The molecule has 0 amide bonds. The van der Waals surface area contributed by atoms with E-state index < -0.39 is 20.0 Å². The Hall–Kier alpha value is -0.960. The summed E-state index contributed by atoms with van der Waals surface area (Å²) in [6.45, 7) is 4.54. The summed E-state index contributed by atoms with van der Waals surface area (Å²) >= 11 is 0. The lowest BCUT2D eigenvalue weighted by Gasteiger charge is -2.33. The molecule has 0 bridgehead atoms. The SMILES string of the molecule is Cc1ccc(C)c(S(=O)(=O)N2CCN(S(=O)(=O)C3CC3)CC2)c1. The van der Waals surface area contributed by atoms with Gasteiger partial charge in [-0.2, -0.15) is 8.61 Å². The van der Waals surface area contributed by atoms with Crippen molar-refractivity contribution >= 4 is 20.0 Å². The van der Waals surface area contributed by atoms with Gasteiger partial charge in [0.05, 0.1) is 10.1 Å². The fraction of sp³-hybridized carbons (Fsp3) is 0.600. The molecule has 0 aromatic heterocycles. The highest BCUT2D eigenvalue weighted by Gasteiger charge is 2.42. The average Bonchev–Trinajstić information content (AvgIpc) is 3.35. The molecule has 0 radical (unpaired) electrons. The van der Waals surface area contributed by atoms with E-state index in [1.807, 2.05) is 13.0 Å². The molecule has 2 fully saturated rings. The van der Waals surface area contributed by atoms with Crippen LogP contribution in [0.5, 0.6) is 0 Å². The summed E-state index contributed by atoms with van der Waals surface area (Å²) in [5.41, 5.74) is 1.60. The molecule has 6 nitrogen and oxygen atoms in total. The molecule has 1 aromatic carbocycles. The van der Waals surface area contributed by atoms with Gasteiger partial charge in [-0.1, -0.05) is 12.1 Å². The molecule has 1 saturated heterocycles. The van der Waals surface area contributed by atoms with Gasteiger partial charge in [0.25, 0.3) is 0 Å². The molecular weight excluding hydrogens is 336 g/mol. The monoisotopic (exact) mass is 358 g/mol. The van der Waals surface area contributed by atoms with Crippen molar-refractivity contribution in [2.24, 2.45) is 0 Å².